The van der Waals surface area contributed by atoms with Crippen LogP contribution in [-0.4, -0.2) is 29.9 Å². The maximum absolute atomic E-state index is 6.42. The number of hydrogen-bond donors (Lipinski definition) is 0. The first-order chi connectivity index (χ1) is 52.2. The SMILES string of the molecule is Clc1nc(-c2ccc(-c3cc4ccccc4c4ccccc34)cc2)c2c(n1)sc1ccccc12.Clc1nc(-c2ccc(-c3ccc4c(ccc5ccccc54)c3)cc2)c2c(n1)sc1ccccc12.Clc1nc(-c2cccc(-c3cc(-c4ccccc4)cc(-c4ccccc4)c3)c2)c2c(n1)sc1ccccc12. The number of aromatic nitrogens is 6. The van der Waals surface area contributed by atoms with Crippen molar-refractivity contribution < 1.29 is 0 Å². The highest BCUT2D eigenvalue weighted by Gasteiger charge is 2.21. The van der Waals surface area contributed by atoms with Crippen LogP contribution in [0, 0.1) is 0 Å². The molecule has 15 aromatic carbocycles. The molecule has 0 spiro atoms. The number of fused-ring (bicyclic) bond motifs is 15. The van der Waals surface area contributed by atoms with E-state index >= 15 is 0 Å². The average Bonchev–Trinajstić information content (AvgIpc) is 1.75. The maximum Gasteiger partial charge on any atom is 0.224 e. The lowest BCUT2D eigenvalue weighted by Gasteiger charge is -2.12. The fourth-order valence-corrected chi connectivity index (χ4v) is 18.7. The monoisotopic (exact) mass is 1470 g/mol. The molecular formula is C94H55Cl3N6S3. The Morgan fingerprint density at radius 1 is 0.189 bits per heavy atom. The second kappa shape index (κ2) is 27.6. The smallest absolute Gasteiger partial charge is 0.217 e. The Balaban J connectivity index is 0.000000109. The normalized spacial score (nSPS) is 11.5. The molecule has 21 rings (SSSR count). The van der Waals surface area contributed by atoms with Gasteiger partial charge in [-0.1, -0.05) is 279 Å². The van der Waals surface area contributed by atoms with Gasteiger partial charge in [-0.3, -0.25) is 0 Å². The molecule has 6 heterocycles. The Hall–Kier alpha value is -11.9. The van der Waals surface area contributed by atoms with E-state index in [2.05, 4.69) is 353 Å². The van der Waals surface area contributed by atoms with Gasteiger partial charge in [0.15, 0.2) is 0 Å². The van der Waals surface area contributed by atoms with Crippen molar-refractivity contribution in [2.24, 2.45) is 0 Å². The molecule has 0 amide bonds. The molecule has 0 bridgehead atoms. The molecule has 0 saturated carbocycles. The largest absolute Gasteiger partial charge is 0.224 e. The van der Waals surface area contributed by atoms with Crippen molar-refractivity contribution in [3.05, 3.63) is 350 Å². The number of rotatable bonds is 8. The molecular weight excluding hydrogens is 1420 g/mol. The third-order valence-corrected chi connectivity index (χ3v) is 23.4. The van der Waals surface area contributed by atoms with E-state index in [1.165, 1.54) is 112 Å². The number of hydrogen-bond acceptors (Lipinski definition) is 9. The summed E-state index contributed by atoms with van der Waals surface area (Å²) >= 11 is 24.0. The molecule has 0 aliphatic carbocycles. The Morgan fingerprint density at radius 3 is 1.03 bits per heavy atom. The zero-order valence-corrected chi connectivity index (χ0v) is 61.0. The van der Waals surface area contributed by atoms with E-state index < -0.39 is 0 Å². The van der Waals surface area contributed by atoms with E-state index in [9.17, 15) is 0 Å². The predicted molar refractivity (Wildman–Crippen MR) is 453 cm³/mol. The lowest BCUT2D eigenvalue weighted by molar-refractivity contribution is 1.24. The average molecular weight is 1470 g/mol. The summed E-state index contributed by atoms with van der Waals surface area (Å²) in [6, 6.07) is 118. The van der Waals surface area contributed by atoms with Crippen molar-refractivity contribution in [2.75, 3.05) is 0 Å². The molecule has 0 fully saturated rings. The minimum atomic E-state index is 0.266. The van der Waals surface area contributed by atoms with Crippen LogP contribution in [0.2, 0.25) is 15.9 Å². The number of benzene rings is 15. The third-order valence-electron chi connectivity index (χ3n) is 19.7. The second-order valence-corrected chi connectivity index (χ2v) is 30.1. The first-order valence-corrected chi connectivity index (χ1v) is 38.3. The Kier molecular flexibility index (Phi) is 16.9. The van der Waals surface area contributed by atoms with Gasteiger partial charge in [-0.05, 0) is 188 Å². The van der Waals surface area contributed by atoms with E-state index in [1.54, 1.807) is 34.0 Å². The minimum Gasteiger partial charge on any atom is -0.217 e. The van der Waals surface area contributed by atoms with Crippen LogP contribution in [-0.2, 0) is 0 Å². The standard InChI is InChI=1S/C34H21ClN2S.2C30H17ClN2S/c35-34-36-32(31-29-16-7-8-17-30(29)38-33(31)37-34)25-15-9-14-24(18-25)28-20-26(22-10-3-1-4-11-22)19-27(21-28)23-12-5-2-6-13-23;31-30-32-28(27-24-11-5-6-12-26(24)34-29(27)33-30)19-15-13-18(14-16-19)25-17-20-7-1-2-8-21(20)22-9-3-4-10-23(22)25;31-30-32-28(27-25-7-3-4-8-26(25)34-29(27)33-30)20-12-9-18(10-13-20)21-15-16-24-22(17-21)14-11-19-5-1-2-6-23(19)24/h1-21H;2*1-17H. The van der Waals surface area contributed by atoms with Crippen LogP contribution in [0.4, 0.5) is 0 Å². The van der Waals surface area contributed by atoms with Gasteiger partial charge in [-0.15, -0.1) is 34.0 Å². The molecule has 0 aliphatic heterocycles. The van der Waals surface area contributed by atoms with Crippen molar-refractivity contribution in [1.82, 2.24) is 29.9 Å². The highest BCUT2D eigenvalue weighted by atomic mass is 35.5. The van der Waals surface area contributed by atoms with Crippen molar-refractivity contribution >= 4 is 173 Å². The van der Waals surface area contributed by atoms with E-state index in [0.29, 0.717) is 0 Å². The van der Waals surface area contributed by atoms with Crippen LogP contribution < -0.4 is 0 Å². The molecule has 0 saturated heterocycles. The van der Waals surface area contributed by atoms with Gasteiger partial charge in [0.25, 0.3) is 0 Å². The van der Waals surface area contributed by atoms with Crippen molar-refractivity contribution in [3.63, 3.8) is 0 Å². The summed E-state index contributed by atoms with van der Waals surface area (Å²) in [4.78, 5) is 30.3. The number of thiophene rings is 3. The minimum absolute atomic E-state index is 0.266. The lowest BCUT2D eigenvalue weighted by atomic mass is 9.92. The summed E-state index contributed by atoms with van der Waals surface area (Å²) < 4.78 is 3.56. The molecule has 0 radical (unpaired) electrons. The van der Waals surface area contributed by atoms with Crippen LogP contribution in [0.3, 0.4) is 0 Å². The molecule has 0 N–H and O–H groups in total. The summed E-state index contributed by atoms with van der Waals surface area (Å²) in [6.07, 6.45) is 0. The van der Waals surface area contributed by atoms with E-state index in [0.717, 1.165) is 80.9 Å². The van der Waals surface area contributed by atoms with Gasteiger partial charge < -0.3 is 0 Å². The van der Waals surface area contributed by atoms with Crippen molar-refractivity contribution in [2.45, 2.75) is 0 Å². The van der Waals surface area contributed by atoms with Gasteiger partial charge in [-0.25, -0.2) is 29.9 Å². The van der Waals surface area contributed by atoms with Crippen LogP contribution in [0.1, 0.15) is 0 Å². The summed E-state index contributed by atoms with van der Waals surface area (Å²) in [5, 5.41) is 17.6. The molecule has 0 unspecified atom stereocenters. The lowest BCUT2D eigenvalue weighted by Crippen LogP contribution is -1.90. The molecule has 6 aromatic heterocycles. The summed E-state index contributed by atoms with van der Waals surface area (Å²) in [5.74, 6) is 0. The zero-order valence-electron chi connectivity index (χ0n) is 56.3. The number of halogens is 3. The second-order valence-electron chi connectivity index (χ2n) is 26.0. The summed E-state index contributed by atoms with van der Waals surface area (Å²) in [7, 11) is 0. The first kappa shape index (κ1) is 64.9. The summed E-state index contributed by atoms with van der Waals surface area (Å²) in [5.41, 5.74) is 17.5. The summed E-state index contributed by atoms with van der Waals surface area (Å²) in [6.45, 7) is 0. The molecule has 6 nitrogen and oxygen atoms in total. The third kappa shape index (κ3) is 12.2. The fraction of sp³-hybridized carbons (Fsp3) is 0. The molecule has 21 aromatic rings. The Labute approximate surface area is 636 Å². The maximum atomic E-state index is 6.42. The van der Waals surface area contributed by atoms with Gasteiger partial charge in [0, 0.05) is 63.1 Å². The van der Waals surface area contributed by atoms with Crippen LogP contribution in [0.15, 0.2) is 334 Å². The molecule has 0 atom stereocenters. The van der Waals surface area contributed by atoms with E-state index in [1.807, 2.05) is 6.07 Å². The van der Waals surface area contributed by atoms with Gasteiger partial charge >= 0.3 is 0 Å². The van der Waals surface area contributed by atoms with Crippen molar-refractivity contribution in [3.8, 4) is 89.4 Å². The predicted octanol–water partition coefficient (Wildman–Crippen LogP) is 28.4. The van der Waals surface area contributed by atoms with Crippen molar-refractivity contribution in [1.29, 1.82) is 0 Å². The fourth-order valence-electron chi connectivity index (χ4n) is 14.8. The zero-order chi connectivity index (χ0) is 70.8. The Bertz CT molecular complexity index is 6940. The van der Waals surface area contributed by atoms with Crippen LogP contribution in [0.5, 0.6) is 0 Å². The first-order valence-electron chi connectivity index (χ1n) is 34.7. The molecule has 500 valence electrons. The molecule has 12 heteroatoms. The molecule has 106 heavy (non-hydrogen) atoms. The van der Waals surface area contributed by atoms with Gasteiger partial charge in [0.05, 0.1) is 17.1 Å². The van der Waals surface area contributed by atoms with Gasteiger partial charge in [0.1, 0.15) is 14.5 Å². The topological polar surface area (TPSA) is 77.3 Å². The van der Waals surface area contributed by atoms with Gasteiger partial charge in [-0.2, -0.15) is 0 Å². The highest BCUT2D eigenvalue weighted by Crippen LogP contribution is 2.45. The van der Waals surface area contributed by atoms with Crippen LogP contribution >= 0.6 is 68.8 Å². The van der Waals surface area contributed by atoms with E-state index in [4.69, 9.17) is 39.8 Å². The highest BCUT2D eigenvalue weighted by molar-refractivity contribution is 7.26. The Morgan fingerprint density at radius 2 is 0.509 bits per heavy atom. The number of nitrogens with zero attached hydrogens (tertiary/aromatic N) is 6. The van der Waals surface area contributed by atoms with Crippen LogP contribution in [0.25, 0.3) is 193 Å². The van der Waals surface area contributed by atoms with E-state index in [-0.39, 0.29) is 15.9 Å². The quantitative estimate of drug-likeness (QED) is 0.111. The molecule has 0 aliphatic rings. The van der Waals surface area contributed by atoms with Gasteiger partial charge in [0.2, 0.25) is 15.9 Å².